The Morgan fingerprint density at radius 1 is 1.59 bits per heavy atom. The number of H-pyrrole nitrogens is 1. The molecule has 0 fully saturated rings. The molecule has 0 bridgehead atoms. The van der Waals surface area contributed by atoms with E-state index in [0.29, 0.717) is 4.68 Å². The molecule has 94 valence electrons. The summed E-state index contributed by atoms with van der Waals surface area (Å²) < 4.78 is 36.5. The van der Waals surface area contributed by atoms with Crippen molar-refractivity contribution in [1.29, 1.82) is 0 Å². The maximum Gasteiger partial charge on any atom is 0.408 e. The molecule has 1 amide bonds. The van der Waals surface area contributed by atoms with Gasteiger partial charge in [0.05, 0.1) is 0 Å². The molecule has 2 N–H and O–H groups in total. The molecule has 0 aromatic carbocycles. The van der Waals surface area contributed by atoms with Crippen LogP contribution in [0.15, 0.2) is 23.0 Å². The number of nitrogens with one attached hydrogen (secondary N) is 2. The summed E-state index contributed by atoms with van der Waals surface area (Å²) in [4.78, 5) is 22.3. The molecule has 0 spiro atoms. The van der Waals surface area contributed by atoms with E-state index in [2.05, 4.69) is 17.0 Å². The molecule has 1 heterocycles. The van der Waals surface area contributed by atoms with Gasteiger partial charge in [-0.15, -0.1) is 0 Å². The first-order valence-electron chi connectivity index (χ1n) is 4.52. The summed E-state index contributed by atoms with van der Waals surface area (Å²) in [6.45, 7) is 3.34. The van der Waals surface area contributed by atoms with Crippen molar-refractivity contribution in [2.75, 3.05) is 5.32 Å². The summed E-state index contributed by atoms with van der Waals surface area (Å²) in [6, 6.07) is 0.868. The zero-order valence-corrected chi connectivity index (χ0v) is 8.89. The minimum Gasteiger partial charge on any atom is -0.307 e. The van der Waals surface area contributed by atoms with Crippen LogP contribution >= 0.6 is 0 Å². The van der Waals surface area contributed by atoms with Crippen molar-refractivity contribution in [3.63, 3.8) is 0 Å². The predicted molar refractivity (Wildman–Crippen MR) is 54.6 cm³/mol. The normalized spacial score (nSPS) is 11.3. The number of carbonyl (C=O) groups excluding carboxylic acids is 1. The van der Waals surface area contributed by atoms with Gasteiger partial charge in [-0.2, -0.15) is 13.2 Å². The van der Waals surface area contributed by atoms with Crippen LogP contribution in [0.25, 0.3) is 0 Å². The Hall–Kier alpha value is -1.99. The van der Waals surface area contributed by atoms with E-state index in [1.54, 1.807) is 0 Å². The zero-order chi connectivity index (χ0) is 13.2. The molecule has 0 aliphatic heterocycles. The fraction of sp³-hybridized carbons (Fsp3) is 0.333. The van der Waals surface area contributed by atoms with Gasteiger partial charge in [-0.1, -0.05) is 6.58 Å². The van der Waals surface area contributed by atoms with Gasteiger partial charge >= 0.3 is 6.18 Å². The summed E-state index contributed by atoms with van der Waals surface area (Å²) in [5, 5.41) is 4.34. The first kappa shape index (κ1) is 13.1. The molecular weight excluding hydrogens is 239 g/mol. The van der Waals surface area contributed by atoms with Crippen molar-refractivity contribution in [3.05, 3.63) is 28.6 Å². The lowest BCUT2D eigenvalue weighted by atomic mass is 10.3. The molecule has 0 atom stereocenters. The van der Waals surface area contributed by atoms with Gasteiger partial charge in [0.25, 0.3) is 11.5 Å². The molecule has 1 aromatic heterocycles. The molecule has 8 heteroatoms. The third kappa shape index (κ3) is 3.82. The van der Waals surface area contributed by atoms with Crippen LogP contribution in [0.3, 0.4) is 0 Å². The second-order valence-electron chi connectivity index (χ2n) is 3.44. The number of nitrogens with zero attached hydrogens (tertiary/aromatic N) is 1. The van der Waals surface area contributed by atoms with Crippen LogP contribution in [0, 0.1) is 0 Å². The molecule has 0 aliphatic carbocycles. The van der Waals surface area contributed by atoms with Gasteiger partial charge in [0.15, 0.2) is 0 Å². The summed E-state index contributed by atoms with van der Waals surface area (Å²) in [5.41, 5.74) is -0.700. The number of hydrogen-bond acceptors (Lipinski definition) is 2. The van der Waals surface area contributed by atoms with Crippen LogP contribution in [0.5, 0.6) is 0 Å². The van der Waals surface area contributed by atoms with E-state index in [0.717, 1.165) is 6.07 Å². The molecule has 17 heavy (non-hydrogen) atoms. The highest BCUT2D eigenvalue weighted by Crippen LogP contribution is 2.16. The molecule has 0 aliphatic rings. The number of amides is 1. The maximum absolute atomic E-state index is 12.0. The summed E-state index contributed by atoms with van der Waals surface area (Å²) in [7, 11) is 0. The van der Waals surface area contributed by atoms with Crippen LogP contribution < -0.4 is 10.9 Å². The molecule has 5 nitrogen and oxygen atoms in total. The van der Waals surface area contributed by atoms with Crippen molar-refractivity contribution in [2.45, 2.75) is 19.6 Å². The minimum absolute atomic E-state index is 0.104. The average molecular weight is 249 g/mol. The summed E-state index contributed by atoms with van der Waals surface area (Å²) in [5.74, 6) is -0.683. The number of carbonyl (C=O) groups is 1. The van der Waals surface area contributed by atoms with Gasteiger partial charge in [-0.05, 0) is 6.92 Å². The number of anilines is 1. The highest BCUT2D eigenvalue weighted by atomic mass is 19.4. The number of alkyl halides is 3. The van der Waals surface area contributed by atoms with Crippen LogP contribution in [0.4, 0.5) is 19.0 Å². The Morgan fingerprint density at radius 2 is 2.18 bits per heavy atom. The fourth-order valence-corrected chi connectivity index (χ4v) is 1.02. The number of hydrogen-bond donors (Lipinski definition) is 2. The van der Waals surface area contributed by atoms with E-state index in [4.69, 9.17) is 0 Å². The standard InChI is InChI=1S/C9H10F3N3O2/c1-5(2)8(17)13-6-3-7(16)15(14-6)4-9(10,11)12/h3,14H,1,4H2,2H3,(H,13,17). The SMILES string of the molecule is C=C(C)C(=O)Nc1cc(=O)n(CC(F)(F)F)[nH]1. The zero-order valence-electron chi connectivity index (χ0n) is 8.89. The Morgan fingerprint density at radius 3 is 2.65 bits per heavy atom. The van der Waals surface area contributed by atoms with E-state index in [1.807, 2.05) is 0 Å². The Labute approximate surface area is 93.9 Å². The van der Waals surface area contributed by atoms with Crippen LogP contribution in [-0.2, 0) is 11.3 Å². The number of halogens is 3. The van der Waals surface area contributed by atoms with E-state index < -0.39 is 24.2 Å². The van der Waals surface area contributed by atoms with Crippen molar-refractivity contribution < 1.29 is 18.0 Å². The highest BCUT2D eigenvalue weighted by molar-refractivity contribution is 6.02. The van der Waals surface area contributed by atoms with Crippen molar-refractivity contribution in [1.82, 2.24) is 9.78 Å². The second-order valence-corrected chi connectivity index (χ2v) is 3.44. The average Bonchev–Trinajstić information content (AvgIpc) is 2.43. The predicted octanol–water partition coefficient (Wildman–Crippen LogP) is 1.25. The second kappa shape index (κ2) is 4.48. The lowest BCUT2D eigenvalue weighted by Crippen LogP contribution is -2.26. The smallest absolute Gasteiger partial charge is 0.307 e. The lowest BCUT2D eigenvalue weighted by Gasteiger charge is -2.06. The van der Waals surface area contributed by atoms with Crippen LogP contribution in [0.2, 0.25) is 0 Å². The Bertz CT molecular complexity index is 498. The lowest BCUT2D eigenvalue weighted by molar-refractivity contribution is -0.143. The van der Waals surface area contributed by atoms with Gasteiger partial charge in [0.2, 0.25) is 0 Å². The number of aromatic nitrogens is 2. The van der Waals surface area contributed by atoms with Gasteiger partial charge < -0.3 is 5.32 Å². The van der Waals surface area contributed by atoms with E-state index in [-0.39, 0.29) is 11.4 Å². The Kier molecular flexibility index (Phi) is 3.45. The van der Waals surface area contributed by atoms with Crippen LogP contribution in [0.1, 0.15) is 6.92 Å². The van der Waals surface area contributed by atoms with E-state index in [9.17, 15) is 22.8 Å². The molecule has 0 saturated heterocycles. The third-order valence-electron chi connectivity index (χ3n) is 1.76. The summed E-state index contributed by atoms with van der Waals surface area (Å²) >= 11 is 0. The quantitative estimate of drug-likeness (QED) is 0.792. The van der Waals surface area contributed by atoms with Crippen LogP contribution in [-0.4, -0.2) is 21.9 Å². The maximum atomic E-state index is 12.0. The van der Waals surface area contributed by atoms with E-state index >= 15 is 0 Å². The third-order valence-corrected chi connectivity index (χ3v) is 1.76. The topological polar surface area (TPSA) is 66.9 Å². The van der Waals surface area contributed by atoms with Gasteiger partial charge in [-0.3, -0.25) is 14.7 Å². The fourth-order valence-electron chi connectivity index (χ4n) is 1.02. The van der Waals surface area contributed by atoms with Crippen molar-refractivity contribution >= 4 is 11.7 Å². The Balaban J connectivity index is 2.86. The first-order valence-corrected chi connectivity index (χ1v) is 4.52. The van der Waals surface area contributed by atoms with E-state index in [1.165, 1.54) is 6.92 Å². The first-order chi connectivity index (χ1) is 7.69. The van der Waals surface area contributed by atoms with Gasteiger partial charge in [0.1, 0.15) is 12.4 Å². The van der Waals surface area contributed by atoms with Gasteiger partial charge in [0, 0.05) is 11.6 Å². The van der Waals surface area contributed by atoms with Crippen molar-refractivity contribution in [2.24, 2.45) is 0 Å². The number of rotatable bonds is 3. The minimum atomic E-state index is -4.51. The summed E-state index contributed by atoms with van der Waals surface area (Å²) in [6.07, 6.45) is -4.51. The molecule has 1 aromatic rings. The molecule has 1 rings (SSSR count). The van der Waals surface area contributed by atoms with Crippen molar-refractivity contribution in [3.8, 4) is 0 Å². The molecule has 0 radical (unpaired) electrons. The van der Waals surface area contributed by atoms with Gasteiger partial charge in [-0.25, -0.2) is 4.68 Å². The number of aromatic amines is 1. The highest BCUT2D eigenvalue weighted by Gasteiger charge is 2.29. The molecular formula is C9H10F3N3O2. The molecule has 0 unspecified atom stereocenters. The monoisotopic (exact) mass is 249 g/mol. The molecule has 0 saturated carbocycles. The largest absolute Gasteiger partial charge is 0.408 e.